The van der Waals surface area contributed by atoms with Gasteiger partial charge in [-0.05, 0) is 60.5 Å². The van der Waals surface area contributed by atoms with Crippen LogP contribution >= 0.6 is 15.9 Å². The van der Waals surface area contributed by atoms with E-state index in [1.807, 2.05) is 6.20 Å². The molecule has 0 aliphatic heterocycles. The maximum absolute atomic E-state index is 6.11. The van der Waals surface area contributed by atoms with Crippen molar-refractivity contribution in [1.29, 1.82) is 0 Å². The van der Waals surface area contributed by atoms with Crippen molar-refractivity contribution in [2.45, 2.75) is 52.1 Å². The maximum atomic E-state index is 6.11. The highest BCUT2D eigenvalue weighted by Gasteiger charge is 2.25. The van der Waals surface area contributed by atoms with Crippen molar-refractivity contribution >= 4 is 15.9 Å². The van der Waals surface area contributed by atoms with Crippen LogP contribution in [-0.2, 0) is 0 Å². The van der Waals surface area contributed by atoms with Crippen LogP contribution in [0.1, 0.15) is 44.6 Å². The van der Waals surface area contributed by atoms with Gasteiger partial charge >= 0.3 is 0 Å². The minimum atomic E-state index is 0.362. The van der Waals surface area contributed by atoms with E-state index >= 15 is 0 Å². The molecule has 1 aliphatic carbocycles. The predicted octanol–water partition coefficient (Wildman–Crippen LogP) is 4.50. The van der Waals surface area contributed by atoms with Crippen LogP contribution in [0.15, 0.2) is 16.7 Å². The zero-order valence-corrected chi connectivity index (χ0v) is 12.2. The Morgan fingerprint density at radius 3 is 2.88 bits per heavy atom. The van der Waals surface area contributed by atoms with E-state index in [9.17, 15) is 0 Å². The number of halogens is 1. The molecule has 1 aromatic heterocycles. The third kappa shape index (κ3) is 3.21. The van der Waals surface area contributed by atoms with Crippen molar-refractivity contribution in [2.75, 3.05) is 0 Å². The van der Waals surface area contributed by atoms with Crippen LogP contribution in [0.5, 0.6) is 5.88 Å². The Morgan fingerprint density at radius 2 is 2.18 bits per heavy atom. The highest BCUT2D eigenvalue weighted by molar-refractivity contribution is 9.10. The number of pyridine rings is 1. The van der Waals surface area contributed by atoms with Gasteiger partial charge in [-0.25, -0.2) is 4.98 Å². The summed E-state index contributed by atoms with van der Waals surface area (Å²) >= 11 is 3.43. The molecule has 0 N–H and O–H groups in total. The van der Waals surface area contributed by atoms with Crippen LogP contribution in [-0.4, -0.2) is 11.1 Å². The van der Waals surface area contributed by atoms with Crippen molar-refractivity contribution in [3.8, 4) is 5.88 Å². The first-order chi connectivity index (χ1) is 8.20. The Kier molecular flexibility index (Phi) is 4.43. The van der Waals surface area contributed by atoms with E-state index < -0.39 is 0 Å². The molecular formula is C14H20BrNO. The van der Waals surface area contributed by atoms with Gasteiger partial charge in [-0.2, -0.15) is 0 Å². The van der Waals surface area contributed by atoms with Gasteiger partial charge < -0.3 is 4.74 Å². The number of hydrogen-bond donors (Lipinski definition) is 0. The summed E-state index contributed by atoms with van der Waals surface area (Å²) in [5.74, 6) is 1.51. The summed E-state index contributed by atoms with van der Waals surface area (Å²) in [5.41, 5.74) is 1.11. The molecule has 1 fully saturated rings. The number of hydrogen-bond acceptors (Lipinski definition) is 2. The van der Waals surface area contributed by atoms with Gasteiger partial charge in [0.25, 0.3) is 0 Å². The summed E-state index contributed by atoms with van der Waals surface area (Å²) in [6.07, 6.45) is 8.50. The van der Waals surface area contributed by atoms with Crippen LogP contribution in [0, 0.1) is 12.8 Å². The van der Waals surface area contributed by atoms with E-state index in [4.69, 9.17) is 4.74 Å². The lowest BCUT2D eigenvalue weighted by molar-refractivity contribution is 0.0851. The number of nitrogens with zero attached hydrogens (tertiary/aromatic N) is 1. The van der Waals surface area contributed by atoms with Crippen LogP contribution in [0.3, 0.4) is 0 Å². The molecule has 0 saturated heterocycles. The fraction of sp³-hybridized carbons (Fsp3) is 0.643. The molecule has 94 valence electrons. The quantitative estimate of drug-likeness (QED) is 0.819. The molecule has 1 saturated carbocycles. The third-order valence-corrected chi connectivity index (χ3v) is 4.06. The lowest BCUT2D eigenvalue weighted by atomic mass is 9.85. The van der Waals surface area contributed by atoms with Gasteiger partial charge in [-0.1, -0.05) is 13.3 Å². The first-order valence-corrected chi connectivity index (χ1v) is 7.28. The van der Waals surface area contributed by atoms with Crippen molar-refractivity contribution in [3.63, 3.8) is 0 Å². The zero-order chi connectivity index (χ0) is 12.3. The lowest BCUT2D eigenvalue weighted by Crippen LogP contribution is -2.30. The molecule has 3 heteroatoms. The van der Waals surface area contributed by atoms with E-state index in [0.29, 0.717) is 12.0 Å². The SMILES string of the molecule is CCC1CCCCC1Oc1ncc(Br)cc1C. The molecule has 0 aromatic carbocycles. The minimum absolute atomic E-state index is 0.362. The molecule has 2 atom stereocenters. The van der Waals surface area contributed by atoms with Crippen molar-refractivity contribution < 1.29 is 4.74 Å². The fourth-order valence-corrected chi connectivity index (χ4v) is 3.04. The molecule has 0 amide bonds. The Balaban J connectivity index is 2.08. The number of aryl methyl sites for hydroxylation is 1. The van der Waals surface area contributed by atoms with Crippen LogP contribution in [0.4, 0.5) is 0 Å². The summed E-state index contributed by atoms with van der Waals surface area (Å²) < 4.78 is 7.12. The second-order valence-electron chi connectivity index (χ2n) is 4.88. The van der Waals surface area contributed by atoms with E-state index in [1.54, 1.807) is 0 Å². The normalized spacial score (nSPS) is 24.6. The Labute approximate surface area is 112 Å². The van der Waals surface area contributed by atoms with Crippen molar-refractivity contribution in [3.05, 3.63) is 22.3 Å². The second-order valence-corrected chi connectivity index (χ2v) is 5.80. The highest BCUT2D eigenvalue weighted by atomic mass is 79.9. The van der Waals surface area contributed by atoms with Gasteiger partial charge in [0.1, 0.15) is 6.10 Å². The predicted molar refractivity (Wildman–Crippen MR) is 73.3 cm³/mol. The van der Waals surface area contributed by atoms with Crippen LogP contribution in [0.2, 0.25) is 0 Å². The summed E-state index contributed by atoms with van der Waals surface area (Å²) in [6, 6.07) is 2.06. The molecule has 2 nitrogen and oxygen atoms in total. The highest BCUT2D eigenvalue weighted by Crippen LogP contribution is 2.31. The number of aromatic nitrogens is 1. The van der Waals surface area contributed by atoms with Gasteiger partial charge in [0.05, 0.1) is 0 Å². The van der Waals surface area contributed by atoms with Crippen LogP contribution < -0.4 is 4.74 Å². The molecule has 2 unspecified atom stereocenters. The molecule has 0 spiro atoms. The maximum Gasteiger partial charge on any atom is 0.216 e. The Morgan fingerprint density at radius 1 is 1.41 bits per heavy atom. The average Bonchev–Trinajstić information content (AvgIpc) is 2.33. The van der Waals surface area contributed by atoms with Gasteiger partial charge in [-0.3, -0.25) is 0 Å². The lowest BCUT2D eigenvalue weighted by Gasteiger charge is -2.31. The van der Waals surface area contributed by atoms with E-state index in [1.165, 1.54) is 32.1 Å². The molecule has 17 heavy (non-hydrogen) atoms. The molecular weight excluding hydrogens is 278 g/mol. The topological polar surface area (TPSA) is 22.1 Å². The molecule has 1 heterocycles. The van der Waals surface area contributed by atoms with Gasteiger partial charge in [0, 0.05) is 16.2 Å². The Hall–Kier alpha value is -0.570. The van der Waals surface area contributed by atoms with Gasteiger partial charge in [-0.15, -0.1) is 0 Å². The molecule has 1 aromatic rings. The first-order valence-electron chi connectivity index (χ1n) is 6.49. The van der Waals surface area contributed by atoms with E-state index in [2.05, 4.69) is 40.8 Å². The molecule has 2 rings (SSSR count). The monoisotopic (exact) mass is 297 g/mol. The summed E-state index contributed by atoms with van der Waals surface area (Å²) in [6.45, 7) is 4.31. The van der Waals surface area contributed by atoms with Crippen molar-refractivity contribution in [2.24, 2.45) is 5.92 Å². The largest absolute Gasteiger partial charge is 0.474 e. The number of ether oxygens (including phenoxy) is 1. The summed E-state index contributed by atoms with van der Waals surface area (Å²) in [5, 5.41) is 0. The van der Waals surface area contributed by atoms with Gasteiger partial charge in [0.2, 0.25) is 5.88 Å². The third-order valence-electron chi connectivity index (χ3n) is 3.62. The Bertz CT molecular complexity index is 380. The molecule has 0 radical (unpaired) electrons. The van der Waals surface area contributed by atoms with E-state index in [-0.39, 0.29) is 0 Å². The number of rotatable bonds is 3. The molecule has 0 bridgehead atoms. The van der Waals surface area contributed by atoms with Crippen molar-refractivity contribution in [1.82, 2.24) is 4.98 Å². The zero-order valence-electron chi connectivity index (χ0n) is 10.6. The second kappa shape index (κ2) is 5.85. The minimum Gasteiger partial charge on any atom is -0.474 e. The van der Waals surface area contributed by atoms with Crippen LogP contribution in [0.25, 0.3) is 0 Å². The smallest absolute Gasteiger partial charge is 0.216 e. The summed E-state index contributed by atoms with van der Waals surface area (Å²) in [7, 11) is 0. The fourth-order valence-electron chi connectivity index (χ4n) is 2.59. The standard InChI is InChI=1S/C14H20BrNO/c1-3-11-6-4-5-7-13(11)17-14-10(2)8-12(15)9-16-14/h8-9,11,13H,3-7H2,1-2H3. The van der Waals surface area contributed by atoms with Gasteiger partial charge in [0.15, 0.2) is 0 Å². The van der Waals surface area contributed by atoms with E-state index in [0.717, 1.165) is 15.9 Å². The molecule has 1 aliphatic rings. The first kappa shape index (κ1) is 12.9. The summed E-state index contributed by atoms with van der Waals surface area (Å²) in [4.78, 5) is 4.37. The average molecular weight is 298 g/mol.